The quantitative estimate of drug-likeness (QED) is 0.736. The highest BCUT2D eigenvalue weighted by Crippen LogP contribution is 2.07. The number of hydrogen-bond acceptors (Lipinski definition) is 4. The highest BCUT2D eigenvalue weighted by Gasteiger charge is 2.21. The second kappa shape index (κ2) is 8.36. The van der Waals surface area contributed by atoms with Crippen LogP contribution in [0.5, 0.6) is 0 Å². The van der Waals surface area contributed by atoms with Gasteiger partial charge in [0.15, 0.2) is 0 Å². The molecule has 0 unspecified atom stereocenters. The van der Waals surface area contributed by atoms with Gasteiger partial charge in [-0.1, -0.05) is 19.1 Å². The lowest BCUT2D eigenvalue weighted by Crippen LogP contribution is -2.43. The fourth-order valence-electron chi connectivity index (χ4n) is 1.90. The molecule has 0 aliphatic heterocycles. The van der Waals surface area contributed by atoms with E-state index in [4.69, 9.17) is 5.73 Å². The lowest BCUT2D eigenvalue weighted by Gasteiger charge is -2.15. The molecule has 0 aliphatic carbocycles. The molecule has 5 nitrogen and oxygen atoms in total. The zero-order valence-electron chi connectivity index (χ0n) is 12.3. The molecule has 116 valence electrons. The van der Waals surface area contributed by atoms with Gasteiger partial charge in [-0.3, -0.25) is 9.59 Å². The second-order valence-electron chi connectivity index (χ2n) is 4.93. The van der Waals surface area contributed by atoms with Gasteiger partial charge in [-0.05, 0) is 30.5 Å². The van der Waals surface area contributed by atoms with E-state index in [0.29, 0.717) is 13.0 Å². The summed E-state index contributed by atoms with van der Waals surface area (Å²) in [5.41, 5.74) is 6.66. The molecule has 0 saturated carbocycles. The highest BCUT2D eigenvalue weighted by atomic mass is 19.1. The molecule has 3 N–H and O–H groups in total. The van der Waals surface area contributed by atoms with Crippen LogP contribution < -0.4 is 11.1 Å². The number of hydrogen-bond donors (Lipinski definition) is 2. The number of esters is 1. The van der Waals surface area contributed by atoms with E-state index in [1.807, 2.05) is 0 Å². The Morgan fingerprint density at radius 1 is 1.33 bits per heavy atom. The number of carbonyl (C=O) groups is 2. The molecule has 0 fully saturated rings. The van der Waals surface area contributed by atoms with Gasteiger partial charge in [0.05, 0.1) is 19.1 Å². The van der Waals surface area contributed by atoms with E-state index in [2.05, 4.69) is 10.1 Å². The summed E-state index contributed by atoms with van der Waals surface area (Å²) in [5, 5.41) is 2.70. The molecule has 1 amide bonds. The average molecular weight is 296 g/mol. The Morgan fingerprint density at radius 3 is 2.52 bits per heavy atom. The van der Waals surface area contributed by atoms with Crippen LogP contribution >= 0.6 is 0 Å². The van der Waals surface area contributed by atoms with Crippen molar-refractivity contribution >= 4 is 11.9 Å². The summed E-state index contributed by atoms with van der Waals surface area (Å²) >= 11 is 0. The molecule has 1 aromatic rings. The smallest absolute Gasteiger partial charge is 0.308 e. The Bertz CT molecular complexity index is 476. The Kier molecular flexibility index (Phi) is 6.81. The number of methoxy groups -OCH3 is 1. The van der Waals surface area contributed by atoms with E-state index in [-0.39, 0.29) is 24.1 Å². The highest BCUT2D eigenvalue weighted by molar-refractivity contribution is 5.82. The number of halogens is 1. The van der Waals surface area contributed by atoms with Gasteiger partial charge in [0.1, 0.15) is 5.82 Å². The average Bonchev–Trinajstić information content (AvgIpc) is 2.48. The monoisotopic (exact) mass is 296 g/mol. The van der Waals surface area contributed by atoms with Crippen molar-refractivity contribution in [2.45, 2.75) is 25.8 Å². The van der Waals surface area contributed by atoms with Crippen molar-refractivity contribution in [2.75, 3.05) is 13.7 Å². The van der Waals surface area contributed by atoms with E-state index in [1.165, 1.54) is 19.2 Å². The number of nitrogens with one attached hydrogen (secondary N) is 1. The van der Waals surface area contributed by atoms with Crippen LogP contribution in [0.25, 0.3) is 0 Å². The second-order valence-corrected chi connectivity index (χ2v) is 4.93. The van der Waals surface area contributed by atoms with Gasteiger partial charge in [-0.15, -0.1) is 0 Å². The van der Waals surface area contributed by atoms with Gasteiger partial charge < -0.3 is 15.8 Å². The van der Waals surface area contributed by atoms with E-state index in [1.54, 1.807) is 19.1 Å². The topological polar surface area (TPSA) is 81.4 Å². The molecule has 0 heterocycles. The Morgan fingerprint density at radius 2 is 1.95 bits per heavy atom. The fraction of sp³-hybridized carbons (Fsp3) is 0.467. The summed E-state index contributed by atoms with van der Waals surface area (Å²) in [7, 11) is 1.30. The Hall–Kier alpha value is -1.95. The van der Waals surface area contributed by atoms with Gasteiger partial charge in [0, 0.05) is 6.54 Å². The molecule has 0 aromatic heterocycles. The first-order chi connectivity index (χ1) is 9.93. The summed E-state index contributed by atoms with van der Waals surface area (Å²) in [4.78, 5) is 23.0. The SMILES string of the molecule is COC(=O)[C@@H](C)C[C@H](N)C(=O)NCCc1ccc(F)cc1. The maximum Gasteiger partial charge on any atom is 0.308 e. The molecule has 1 aromatic carbocycles. The van der Waals surface area contributed by atoms with Gasteiger partial charge in [-0.25, -0.2) is 4.39 Å². The number of carbonyl (C=O) groups excluding carboxylic acids is 2. The number of nitrogens with two attached hydrogens (primary N) is 1. The van der Waals surface area contributed by atoms with Crippen LogP contribution in [0.2, 0.25) is 0 Å². The molecular weight excluding hydrogens is 275 g/mol. The van der Waals surface area contributed by atoms with Crippen LogP contribution in [0.4, 0.5) is 4.39 Å². The zero-order chi connectivity index (χ0) is 15.8. The minimum Gasteiger partial charge on any atom is -0.469 e. The third kappa shape index (κ3) is 5.91. The minimum atomic E-state index is -0.757. The van der Waals surface area contributed by atoms with Crippen LogP contribution in [0.3, 0.4) is 0 Å². The van der Waals surface area contributed by atoms with Crippen molar-refractivity contribution in [1.82, 2.24) is 5.32 Å². The van der Waals surface area contributed by atoms with Gasteiger partial charge in [-0.2, -0.15) is 0 Å². The molecule has 0 aliphatic rings. The van der Waals surface area contributed by atoms with E-state index < -0.39 is 12.0 Å². The van der Waals surface area contributed by atoms with Crippen molar-refractivity contribution in [3.63, 3.8) is 0 Å². The van der Waals surface area contributed by atoms with Gasteiger partial charge in [0.2, 0.25) is 5.91 Å². The van der Waals surface area contributed by atoms with Crippen LogP contribution in [-0.4, -0.2) is 31.6 Å². The predicted molar refractivity (Wildman–Crippen MR) is 76.9 cm³/mol. The molecule has 6 heteroatoms. The van der Waals surface area contributed by atoms with Crippen LogP contribution in [-0.2, 0) is 20.7 Å². The molecule has 2 atom stereocenters. The van der Waals surface area contributed by atoms with Crippen molar-refractivity contribution < 1.29 is 18.7 Å². The number of amides is 1. The molecule has 1 rings (SSSR count). The van der Waals surface area contributed by atoms with Crippen LogP contribution in [0.1, 0.15) is 18.9 Å². The Labute approximate surface area is 123 Å². The maximum atomic E-state index is 12.7. The van der Waals surface area contributed by atoms with Crippen molar-refractivity contribution in [3.8, 4) is 0 Å². The van der Waals surface area contributed by atoms with Gasteiger partial charge in [0.25, 0.3) is 0 Å². The van der Waals surface area contributed by atoms with Crippen LogP contribution in [0, 0.1) is 11.7 Å². The summed E-state index contributed by atoms with van der Waals surface area (Å²) in [6, 6.07) is 5.33. The standard InChI is InChI=1S/C15H21FN2O3/c1-10(15(20)21-2)9-13(17)14(19)18-8-7-11-3-5-12(16)6-4-11/h3-6,10,13H,7-9,17H2,1-2H3,(H,18,19)/t10-,13-/m0/s1. The van der Waals surface area contributed by atoms with E-state index in [9.17, 15) is 14.0 Å². The van der Waals surface area contributed by atoms with Gasteiger partial charge >= 0.3 is 5.97 Å². The number of benzene rings is 1. The molecule has 0 radical (unpaired) electrons. The fourth-order valence-corrected chi connectivity index (χ4v) is 1.90. The summed E-state index contributed by atoms with van der Waals surface area (Å²) in [6.07, 6.45) is 0.820. The first kappa shape index (κ1) is 17.1. The normalized spacial score (nSPS) is 13.3. The molecule has 0 saturated heterocycles. The number of ether oxygens (including phenoxy) is 1. The molecule has 21 heavy (non-hydrogen) atoms. The van der Waals surface area contributed by atoms with Crippen molar-refractivity contribution in [2.24, 2.45) is 11.7 Å². The third-order valence-corrected chi connectivity index (χ3v) is 3.17. The van der Waals surface area contributed by atoms with Crippen LogP contribution in [0.15, 0.2) is 24.3 Å². The lowest BCUT2D eigenvalue weighted by molar-refractivity contribution is -0.145. The zero-order valence-corrected chi connectivity index (χ0v) is 12.3. The minimum absolute atomic E-state index is 0.231. The predicted octanol–water partition coefficient (Wildman–Crippen LogP) is 1.01. The molecule has 0 spiro atoms. The Balaban J connectivity index is 2.32. The summed E-state index contributed by atoms with van der Waals surface area (Å²) in [5.74, 6) is -1.41. The largest absolute Gasteiger partial charge is 0.469 e. The van der Waals surface area contributed by atoms with E-state index in [0.717, 1.165) is 5.56 Å². The first-order valence-corrected chi connectivity index (χ1v) is 6.79. The number of rotatable bonds is 7. The van der Waals surface area contributed by atoms with Crippen molar-refractivity contribution in [1.29, 1.82) is 0 Å². The summed E-state index contributed by atoms with van der Waals surface area (Å²) in [6.45, 7) is 2.07. The van der Waals surface area contributed by atoms with Crippen molar-refractivity contribution in [3.05, 3.63) is 35.6 Å². The lowest BCUT2D eigenvalue weighted by atomic mass is 10.0. The molecule has 0 bridgehead atoms. The first-order valence-electron chi connectivity index (χ1n) is 6.79. The summed E-state index contributed by atoms with van der Waals surface area (Å²) < 4.78 is 17.3. The third-order valence-electron chi connectivity index (χ3n) is 3.17. The molecular formula is C15H21FN2O3. The van der Waals surface area contributed by atoms with E-state index >= 15 is 0 Å². The maximum absolute atomic E-state index is 12.7.